The van der Waals surface area contributed by atoms with E-state index >= 15 is 0 Å². The second-order valence-corrected chi connectivity index (χ2v) is 8.51. The summed E-state index contributed by atoms with van der Waals surface area (Å²) in [5.74, 6) is 0.201. The van der Waals surface area contributed by atoms with Crippen LogP contribution < -0.4 is 16.0 Å². The smallest absolute Gasteiger partial charge is 0.267 e. The van der Waals surface area contributed by atoms with Crippen LogP contribution in [-0.2, 0) is 6.54 Å². The Labute approximate surface area is 201 Å². The highest BCUT2D eigenvalue weighted by molar-refractivity contribution is 7.12. The lowest BCUT2D eigenvalue weighted by atomic mass is 10.1. The Morgan fingerprint density at radius 1 is 1.09 bits per heavy atom. The topological polar surface area (TPSA) is 105 Å². The molecule has 2 aromatic heterocycles. The molecule has 3 N–H and O–H groups in total. The van der Waals surface area contributed by atoms with Gasteiger partial charge in [0.15, 0.2) is 0 Å². The maximum Gasteiger partial charge on any atom is 0.267 e. The van der Waals surface area contributed by atoms with E-state index in [-0.39, 0.29) is 5.91 Å². The minimum Gasteiger partial charge on any atom is -0.380 e. The van der Waals surface area contributed by atoms with Crippen molar-refractivity contribution in [2.75, 3.05) is 30.0 Å². The summed E-state index contributed by atoms with van der Waals surface area (Å²) in [7, 11) is 3.57. The van der Waals surface area contributed by atoms with E-state index in [0.717, 1.165) is 22.2 Å². The van der Waals surface area contributed by atoms with Gasteiger partial charge in [-0.3, -0.25) is 9.78 Å². The number of carbonyl (C=O) groups is 1. The monoisotopic (exact) mass is 469 g/mol. The van der Waals surface area contributed by atoms with E-state index in [1.807, 2.05) is 60.0 Å². The predicted octanol–water partition coefficient (Wildman–Crippen LogP) is 4.97. The van der Waals surface area contributed by atoms with Crippen LogP contribution in [0.5, 0.6) is 0 Å². The van der Waals surface area contributed by atoms with Gasteiger partial charge in [-0.25, -0.2) is 0 Å². The number of nitrogens with zero attached hydrogens (tertiary/aromatic N) is 4. The number of guanidine groups is 1. The molecule has 0 spiro atoms. The van der Waals surface area contributed by atoms with Crippen LogP contribution in [0.3, 0.4) is 0 Å². The normalized spacial score (nSPS) is 11.0. The largest absolute Gasteiger partial charge is 0.380 e. The number of thiophene rings is 1. The highest BCUT2D eigenvalue weighted by Gasteiger charge is 2.14. The molecular formula is C25H23N7OS. The van der Waals surface area contributed by atoms with Crippen LogP contribution >= 0.6 is 11.3 Å². The van der Waals surface area contributed by atoms with Gasteiger partial charge >= 0.3 is 0 Å². The van der Waals surface area contributed by atoms with Gasteiger partial charge in [-0.2, -0.15) is 5.26 Å². The molecule has 0 saturated heterocycles. The number of aromatic nitrogens is 1. The van der Waals surface area contributed by atoms with E-state index in [0.29, 0.717) is 28.8 Å². The first-order valence-electron chi connectivity index (χ1n) is 10.5. The van der Waals surface area contributed by atoms with Crippen LogP contribution in [0.2, 0.25) is 0 Å². The third-order valence-corrected chi connectivity index (χ3v) is 5.95. The van der Waals surface area contributed by atoms with Crippen molar-refractivity contribution in [2.45, 2.75) is 6.54 Å². The lowest BCUT2D eigenvalue weighted by molar-refractivity contribution is 0.103. The molecule has 0 fully saturated rings. The average molecular weight is 470 g/mol. The molecule has 0 aliphatic rings. The molecule has 34 heavy (non-hydrogen) atoms. The SMILES string of the molecule is CN(C)/C(=N\C#N)Nc1cccc(NC(=O)c2sccc2NCc2ccnc3ccccc23)c1. The van der Waals surface area contributed by atoms with Crippen molar-refractivity contribution in [1.29, 1.82) is 5.26 Å². The summed E-state index contributed by atoms with van der Waals surface area (Å²) in [6.07, 6.45) is 3.58. The van der Waals surface area contributed by atoms with E-state index in [1.54, 1.807) is 37.5 Å². The summed E-state index contributed by atoms with van der Waals surface area (Å²) in [5.41, 5.74) is 4.15. The van der Waals surface area contributed by atoms with E-state index in [2.05, 4.69) is 25.9 Å². The van der Waals surface area contributed by atoms with Gasteiger partial charge in [0.1, 0.15) is 4.88 Å². The standard InChI is InChI=1S/C25H23N7OS/c1-32(2)25(29-16-26)31-19-7-5-6-18(14-19)30-24(33)23-22(11-13-34-23)28-15-17-10-12-27-21-9-4-3-8-20(17)21/h3-14,28H,15H2,1-2H3,(H,29,31)(H,30,33). The molecule has 4 rings (SSSR count). The number of pyridine rings is 1. The highest BCUT2D eigenvalue weighted by atomic mass is 32.1. The number of para-hydroxylation sites is 1. The molecule has 8 nitrogen and oxygen atoms in total. The second-order valence-electron chi connectivity index (χ2n) is 7.59. The van der Waals surface area contributed by atoms with Gasteiger partial charge < -0.3 is 20.9 Å². The third-order valence-electron chi connectivity index (χ3n) is 5.04. The van der Waals surface area contributed by atoms with Gasteiger partial charge in [0.2, 0.25) is 12.2 Å². The molecule has 170 valence electrons. The fourth-order valence-electron chi connectivity index (χ4n) is 3.40. The maximum absolute atomic E-state index is 13.0. The number of benzene rings is 2. The molecule has 0 aliphatic heterocycles. The molecule has 4 aromatic rings. The maximum atomic E-state index is 13.0. The van der Waals surface area contributed by atoms with Crippen molar-refractivity contribution in [2.24, 2.45) is 4.99 Å². The van der Waals surface area contributed by atoms with Crippen LogP contribution in [-0.4, -0.2) is 35.8 Å². The number of hydrogen-bond acceptors (Lipinski definition) is 6. The molecule has 0 radical (unpaired) electrons. The zero-order valence-electron chi connectivity index (χ0n) is 18.7. The number of fused-ring (bicyclic) bond motifs is 1. The number of amides is 1. The summed E-state index contributed by atoms with van der Waals surface area (Å²) >= 11 is 1.38. The number of nitriles is 1. The van der Waals surface area contributed by atoms with E-state index < -0.39 is 0 Å². The molecule has 0 saturated carbocycles. The number of aliphatic imine (C=N–C) groups is 1. The number of carbonyl (C=O) groups excluding carboxylic acids is 1. The summed E-state index contributed by atoms with van der Waals surface area (Å²) in [6.45, 7) is 0.574. The Kier molecular flexibility index (Phi) is 7.01. The lowest BCUT2D eigenvalue weighted by Crippen LogP contribution is -2.29. The van der Waals surface area contributed by atoms with Gasteiger partial charge in [0.25, 0.3) is 5.91 Å². The van der Waals surface area contributed by atoms with E-state index in [9.17, 15) is 4.79 Å². The number of anilines is 3. The summed E-state index contributed by atoms with van der Waals surface area (Å²) in [6, 6.07) is 19.1. The zero-order valence-corrected chi connectivity index (χ0v) is 19.6. The second kappa shape index (κ2) is 10.5. The Hall–Kier alpha value is -4.42. The van der Waals surface area contributed by atoms with Crippen molar-refractivity contribution in [3.63, 3.8) is 0 Å². The molecule has 0 atom stereocenters. The Balaban J connectivity index is 1.46. The predicted molar refractivity (Wildman–Crippen MR) is 138 cm³/mol. The van der Waals surface area contributed by atoms with Gasteiger partial charge in [-0.1, -0.05) is 24.3 Å². The molecule has 1 amide bonds. The summed E-state index contributed by atoms with van der Waals surface area (Å²) < 4.78 is 0. The summed E-state index contributed by atoms with van der Waals surface area (Å²) in [5, 5.41) is 21.3. The van der Waals surface area contributed by atoms with Crippen molar-refractivity contribution in [3.05, 3.63) is 82.7 Å². The molecule has 2 heterocycles. The van der Waals surface area contributed by atoms with Crippen LogP contribution in [0.1, 0.15) is 15.2 Å². The van der Waals surface area contributed by atoms with Crippen molar-refractivity contribution in [1.82, 2.24) is 9.88 Å². The van der Waals surface area contributed by atoms with Crippen molar-refractivity contribution < 1.29 is 4.79 Å². The van der Waals surface area contributed by atoms with Gasteiger partial charge in [-0.05, 0) is 47.3 Å². The van der Waals surface area contributed by atoms with E-state index in [4.69, 9.17) is 5.26 Å². The Morgan fingerprint density at radius 3 is 2.68 bits per heavy atom. The number of rotatable bonds is 6. The number of hydrogen-bond donors (Lipinski definition) is 3. The molecular weight excluding hydrogens is 446 g/mol. The van der Waals surface area contributed by atoms with Crippen LogP contribution in [0, 0.1) is 11.5 Å². The number of nitrogens with one attached hydrogen (secondary N) is 3. The third kappa shape index (κ3) is 5.31. The van der Waals surface area contributed by atoms with E-state index in [1.165, 1.54) is 11.3 Å². The van der Waals surface area contributed by atoms with Gasteiger partial charge in [0, 0.05) is 43.6 Å². The fraction of sp³-hybridized carbons (Fsp3) is 0.120. The molecule has 0 aliphatic carbocycles. The minimum absolute atomic E-state index is 0.201. The molecule has 2 aromatic carbocycles. The van der Waals surface area contributed by atoms with Crippen molar-refractivity contribution >= 4 is 51.2 Å². The van der Waals surface area contributed by atoms with Crippen LogP contribution in [0.25, 0.3) is 10.9 Å². The quantitative estimate of drug-likeness (QED) is 0.209. The fourth-order valence-corrected chi connectivity index (χ4v) is 4.17. The minimum atomic E-state index is -0.201. The molecule has 0 bridgehead atoms. The van der Waals surface area contributed by atoms with Crippen LogP contribution in [0.4, 0.5) is 17.1 Å². The van der Waals surface area contributed by atoms with Gasteiger partial charge in [0.05, 0.1) is 11.2 Å². The van der Waals surface area contributed by atoms with Gasteiger partial charge in [-0.15, -0.1) is 16.3 Å². The van der Waals surface area contributed by atoms with Crippen molar-refractivity contribution in [3.8, 4) is 6.19 Å². The first-order valence-corrected chi connectivity index (χ1v) is 11.4. The highest BCUT2D eigenvalue weighted by Crippen LogP contribution is 2.26. The molecule has 0 unspecified atom stereocenters. The Morgan fingerprint density at radius 2 is 1.88 bits per heavy atom. The zero-order chi connectivity index (χ0) is 23.9. The first kappa shape index (κ1) is 22.8. The lowest BCUT2D eigenvalue weighted by Gasteiger charge is -2.16. The average Bonchev–Trinajstić information content (AvgIpc) is 3.31. The first-order chi connectivity index (χ1) is 16.5. The summed E-state index contributed by atoms with van der Waals surface area (Å²) in [4.78, 5) is 23.5. The molecule has 9 heteroatoms. The Bertz CT molecular complexity index is 1380. The van der Waals surface area contributed by atoms with Crippen LogP contribution in [0.15, 0.2) is 77.2 Å².